The largest absolute Gasteiger partial charge is 0.499 e. The fraction of sp³-hybridized carbons (Fsp3) is 1.00. The molecule has 0 heterocycles. The van der Waals surface area contributed by atoms with Gasteiger partial charge in [0.25, 0.3) is 0 Å². The molecular weight excluding hydrogens is 190 g/mol. The molecule has 1 atom stereocenters. The van der Waals surface area contributed by atoms with Gasteiger partial charge in [-0.2, -0.15) is 0 Å². The molecule has 0 aromatic heterocycles. The van der Waals surface area contributed by atoms with Crippen molar-refractivity contribution in [2.24, 2.45) is 0 Å². The first kappa shape index (κ1) is 15.5. The number of rotatable bonds is 6. The van der Waals surface area contributed by atoms with Crippen molar-refractivity contribution in [3.05, 3.63) is 0 Å². The minimum absolute atomic E-state index is 0. The molecule has 0 saturated heterocycles. The summed E-state index contributed by atoms with van der Waals surface area (Å²) in [6.45, 7) is 6.13. The summed E-state index contributed by atoms with van der Waals surface area (Å²) in [6.07, 6.45) is 0. The van der Waals surface area contributed by atoms with Crippen LogP contribution in [-0.2, 0) is 18.6 Å². The van der Waals surface area contributed by atoms with Gasteiger partial charge in [-0.3, -0.25) is 0 Å². The molecule has 0 fully saturated rings. The van der Waals surface area contributed by atoms with Crippen LogP contribution in [0, 0.1) is 0 Å². The van der Waals surface area contributed by atoms with E-state index >= 15 is 0 Å². The zero-order valence-corrected chi connectivity index (χ0v) is 11.0. The maximum atomic E-state index is 10.1. The molecule has 0 aliphatic rings. The summed E-state index contributed by atoms with van der Waals surface area (Å²) in [7, 11) is -0.871. The zero-order chi connectivity index (χ0) is 8.74. The van der Waals surface area contributed by atoms with Crippen LogP contribution in [0.25, 0.3) is 0 Å². The third-order valence-corrected chi connectivity index (χ3v) is 1.49. The molecular formula is C6H14NaO4P+. The van der Waals surface area contributed by atoms with Gasteiger partial charge in [0.2, 0.25) is 0 Å². The van der Waals surface area contributed by atoms with E-state index in [1.165, 1.54) is 0 Å². The molecule has 67 valence electrons. The summed E-state index contributed by atoms with van der Waals surface area (Å²) >= 11 is 0. The number of hydrogen-bond donors (Lipinski definition) is 0. The third-order valence-electron chi connectivity index (χ3n) is 1.04. The molecule has 0 aliphatic carbocycles. The Morgan fingerprint density at radius 2 is 1.67 bits per heavy atom. The smallest absolute Gasteiger partial charge is 0.325 e. The molecule has 1 unspecified atom stereocenters. The first-order valence-electron chi connectivity index (χ1n) is 3.51. The molecule has 0 aromatic rings. The van der Waals surface area contributed by atoms with Crippen LogP contribution in [0.2, 0.25) is 0 Å². The third kappa shape index (κ3) is 6.49. The van der Waals surface area contributed by atoms with E-state index in [2.05, 4.69) is 0 Å². The van der Waals surface area contributed by atoms with Gasteiger partial charge in [0.1, 0.15) is 0 Å². The van der Waals surface area contributed by atoms with Crippen LogP contribution in [0.15, 0.2) is 0 Å². The summed E-state index contributed by atoms with van der Waals surface area (Å²) < 4.78 is 25.0. The second-order valence-corrected chi connectivity index (χ2v) is 2.28. The van der Waals surface area contributed by atoms with Crippen molar-refractivity contribution in [2.45, 2.75) is 26.7 Å². The summed E-state index contributed by atoms with van der Waals surface area (Å²) in [5.74, 6) is -1.15. The number of ether oxygens (including phenoxy) is 2. The van der Waals surface area contributed by atoms with Gasteiger partial charge in [-0.05, 0) is 18.4 Å². The molecule has 6 heteroatoms. The monoisotopic (exact) mass is 204 g/mol. The van der Waals surface area contributed by atoms with E-state index in [-0.39, 0.29) is 29.6 Å². The normalized spacial score (nSPS) is 11.2. The molecule has 1 radical (unpaired) electrons. The molecule has 4 nitrogen and oxygen atoms in total. The Morgan fingerprint density at radius 1 is 1.25 bits per heavy atom. The molecule has 0 spiro atoms. The van der Waals surface area contributed by atoms with Crippen LogP contribution in [0.3, 0.4) is 0 Å². The van der Waals surface area contributed by atoms with Crippen molar-refractivity contribution < 1.29 is 18.6 Å². The molecule has 0 aliphatic heterocycles. The summed E-state index contributed by atoms with van der Waals surface area (Å²) in [5.41, 5.74) is 0. The van der Waals surface area contributed by atoms with E-state index in [9.17, 15) is 4.57 Å². The Kier molecular flexibility index (Phi) is 11.0. The van der Waals surface area contributed by atoms with Crippen molar-refractivity contribution in [1.29, 1.82) is 0 Å². The van der Waals surface area contributed by atoms with E-state index in [1.807, 2.05) is 13.8 Å². The van der Waals surface area contributed by atoms with Crippen LogP contribution in [-0.4, -0.2) is 48.7 Å². The average Bonchev–Trinajstić information content (AvgIpc) is 1.88. The van der Waals surface area contributed by atoms with Crippen LogP contribution in [0.5, 0.6) is 0 Å². The van der Waals surface area contributed by atoms with Crippen LogP contribution in [0.1, 0.15) is 20.8 Å². The van der Waals surface area contributed by atoms with Crippen molar-refractivity contribution in [3.63, 3.8) is 0 Å². The van der Waals surface area contributed by atoms with Gasteiger partial charge in [0.15, 0.2) is 0 Å². The molecule has 12 heavy (non-hydrogen) atoms. The van der Waals surface area contributed by atoms with Gasteiger partial charge in [-0.15, -0.1) is 0 Å². The van der Waals surface area contributed by atoms with Gasteiger partial charge in [-0.1, -0.05) is 4.52 Å². The average molecular weight is 204 g/mol. The Bertz CT molecular complexity index is 116. The Hall–Kier alpha value is 0.980. The minimum Gasteiger partial charge on any atom is -0.325 e. The van der Waals surface area contributed by atoms with Crippen molar-refractivity contribution in [1.82, 2.24) is 0 Å². The maximum absolute atomic E-state index is 10.1. The van der Waals surface area contributed by atoms with E-state index in [0.717, 1.165) is 0 Å². The minimum atomic E-state index is -1.15. The van der Waals surface area contributed by atoms with Gasteiger partial charge >= 0.3 is 14.7 Å². The molecule has 0 bridgehead atoms. The standard InChI is InChI=1S/C6H14O4P.Na/c1-4-8-6(3,9-5-2)10-11-7;/h11H,4-5H2,1-3H3;/q+1;. The van der Waals surface area contributed by atoms with Gasteiger partial charge in [-0.25, -0.2) is 0 Å². The Balaban J connectivity index is 0. The summed E-state index contributed by atoms with van der Waals surface area (Å²) in [6, 6.07) is 0. The van der Waals surface area contributed by atoms with Crippen molar-refractivity contribution in [3.8, 4) is 0 Å². The van der Waals surface area contributed by atoms with Crippen LogP contribution >= 0.6 is 8.69 Å². The van der Waals surface area contributed by atoms with Gasteiger partial charge in [0.05, 0.1) is 0 Å². The SMILES string of the molecule is CCOC(C)(OCC)O[PH+]=O.[Na]. The number of hydrogen-bond acceptors (Lipinski definition) is 4. The maximum Gasteiger partial charge on any atom is 0.499 e. The molecule has 0 aromatic carbocycles. The predicted molar refractivity (Wildman–Crippen MR) is 47.5 cm³/mol. The Morgan fingerprint density at radius 3 is 1.92 bits per heavy atom. The summed E-state index contributed by atoms with van der Waals surface area (Å²) in [5, 5.41) is 0. The first-order valence-corrected chi connectivity index (χ1v) is 4.33. The van der Waals surface area contributed by atoms with E-state index in [0.29, 0.717) is 13.2 Å². The van der Waals surface area contributed by atoms with Gasteiger partial charge in [0, 0.05) is 49.7 Å². The fourth-order valence-electron chi connectivity index (χ4n) is 0.701. The fourth-order valence-corrected chi connectivity index (χ4v) is 0.970. The molecule has 0 amide bonds. The van der Waals surface area contributed by atoms with Crippen molar-refractivity contribution >= 4 is 38.2 Å². The summed E-state index contributed by atoms with van der Waals surface area (Å²) in [4.78, 5) is 0. The second-order valence-electron chi connectivity index (χ2n) is 1.91. The Labute approximate surface area is 96.5 Å². The van der Waals surface area contributed by atoms with Gasteiger partial charge < -0.3 is 9.47 Å². The molecule has 0 saturated carbocycles. The van der Waals surface area contributed by atoms with E-state index in [1.54, 1.807) is 6.92 Å². The zero-order valence-electron chi connectivity index (χ0n) is 8.05. The van der Waals surface area contributed by atoms with Crippen LogP contribution < -0.4 is 0 Å². The topological polar surface area (TPSA) is 44.8 Å². The van der Waals surface area contributed by atoms with E-state index < -0.39 is 14.7 Å². The van der Waals surface area contributed by atoms with E-state index in [4.69, 9.17) is 14.0 Å². The first-order chi connectivity index (χ1) is 5.18. The quantitative estimate of drug-likeness (QED) is 0.371. The molecule has 0 N–H and O–H groups in total. The van der Waals surface area contributed by atoms with Crippen LogP contribution in [0.4, 0.5) is 0 Å². The molecule has 0 rings (SSSR count). The second kappa shape index (κ2) is 8.57. The predicted octanol–water partition coefficient (Wildman–Crippen LogP) is 1.31. The van der Waals surface area contributed by atoms with Crippen molar-refractivity contribution in [2.75, 3.05) is 13.2 Å².